The third kappa shape index (κ3) is 4.67. The Morgan fingerprint density at radius 3 is 1.70 bits per heavy atom. The molecule has 234 valence electrons. The molecule has 10 aromatic rings. The van der Waals surface area contributed by atoms with Crippen LogP contribution in [0.2, 0.25) is 0 Å². The first-order valence-electron chi connectivity index (χ1n) is 16.6. The molecule has 0 spiro atoms. The standard InChI is InChI=1S/C45H27N3O2/c1-3-11-28(12-4-1)29-21-23-30(24-22-29)33-16-10-20-40-41(33)37-27-32(25-26-39(37)49-40)44-46-43(31-13-5-2-6-14-31)47-45(48-44)36-18-9-17-35-34-15-7-8-19-38(34)50-42(35)36/h1-27H. The number of para-hydroxylation sites is 2. The zero-order valence-electron chi connectivity index (χ0n) is 26.7. The van der Waals surface area contributed by atoms with E-state index in [1.807, 2.05) is 84.9 Å². The summed E-state index contributed by atoms with van der Waals surface area (Å²) in [5.74, 6) is 1.72. The van der Waals surface area contributed by atoms with E-state index in [9.17, 15) is 0 Å². The van der Waals surface area contributed by atoms with Crippen molar-refractivity contribution in [2.75, 3.05) is 0 Å². The number of fused-ring (bicyclic) bond motifs is 6. The molecule has 5 nitrogen and oxygen atoms in total. The van der Waals surface area contributed by atoms with Gasteiger partial charge in [0.05, 0.1) is 5.56 Å². The lowest BCUT2D eigenvalue weighted by atomic mass is 9.96. The van der Waals surface area contributed by atoms with Crippen LogP contribution in [0.3, 0.4) is 0 Å². The first-order valence-corrected chi connectivity index (χ1v) is 16.6. The van der Waals surface area contributed by atoms with Crippen LogP contribution in [0, 0.1) is 0 Å². The van der Waals surface area contributed by atoms with Crippen LogP contribution >= 0.6 is 0 Å². The van der Waals surface area contributed by atoms with E-state index in [1.165, 1.54) is 11.1 Å². The lowest BCUT2D eigenvalue weighted by Crippen LogP contribution is -2.00. The molecule has 3 heterocycles. The highest BCUT2D eigenvalue weighted by atomic mass is 16.3. The van der Waals surface area contributed by atoms with Crippen molar-refractivity contribution >= 4 is 43.9 Å². The van der Waals surface area contributed by atoms with E-state index in [4.69, 9.17) is 23.8 Å². The van der Waals surface area contributed by atoms with Crippen LogP contribution in [0.5, 0.6) is 0 Å². The van der Waals surface area contributed by atoms with Gasteiger partial charge in [0, 0.05) is 32.7 Å². The summed E-state index contributed by atoms with van der Waals surface area (Å²) in [6.45, 7) is 0. The first-order chi connectivity index (χ1) is 24.8. The van der Waals surface area contributed by atoms with Gasteiger partial charge < -0.3 is 8.83 Å². The van der Waals surface area contributed by atoms with E-state index in [1.54, 1.807) is 0 Å². The van der Waals surface area contributed by atoms with Crippen molar-refractivity contribution in [2.45, 2.75) is 0 Å². The van der Waals surface area contributed by atoms with Crippen molar-refractivity contribution < 1.29 is 8.83 Å². The minimum absolute atomic E-state index is 0.551. The number of furan rings is 2. The van der Waals surface area contributed by atoms with Crippen LogP contribution in [0.4, 0.5) is 0 Å². The number of hydrogen-bond donors (Lipinski definition) is 0. The maximum Gasteiger partial charge on any atom is 0.167 e. The first kappa shape index (κ1) is 28.2. The highest BCUT2D eigenvalue weighted by Crippen LogP contribution is 2.40. The summed E-state index contributed by atoms with van der Waals surface area (Å²) in [5, 5.41) is 4.14. The fourth-order valence-corrected chi connectivity index (χ4v) is 6.94. The Kier molecular flexibility index (Phi) is 6.42. The van der Waals surface area contributed by atoms with E-state index < -0.39 is 0 Å². The van der Waals surface area contributed by atoms with Gasteiger partial charge in [-0.25, -0.2) is 15.0 Å². The van der Waals surface area contributed by atoms with E-state index in [2.05, 4.69) is 78.9 Å². The van der Waals surface area contributed by atoms with Gasteiger partial charge >= 0.3 is 0 Å². The van der Waals surface area contributed by atoms with Gasteiger partial charge in [-0.15, -0.1) is 0 Å². The average molecular weight is 642 g/mol. The molecule has 5 heteroatoms. The molecule has 0 N–H and O–H groups in total. The molecule has 50 heavy (non-hydrogen) atoms. The van der Waals surface area contributed by atoms with Crippen molar-refractivity contribution in [2.24, 2.45) is 0 Å². The van der Waals surface area contributed by atoms with Crippen LogP contribution in [-0.4, -0.2) is 15.0 Å². The molecule has 0 aliphatic rings. The topological polar surface area (TPSA) is 65.0 Å². The Morgan fingerprint density at radius 1 is 0.320 bits per heavy atom. The molecule has 0 unspecified atom stereocenters. The van der Waals surface area contributed by atoms with Crippen LogP contribution in [0.15, 0.2) is 173 Å². The second-order valence-electron chi connectivity index (χ2n) is 12.4. The molecule has 0 saturated heterocycles. The van der Waals surface area contributed by atoms with Crippen molar-refractivity contribution in [3.05, 3.63) is 164 Å². The second kappa shape index (κ2) is 11.4. The van der Waals surface area contributed by atoms with E-state index in [0.717, 1.165) is 71.7 Å². The predicted molar refractivity (Wildman–Crippen MR) is 202 cm³/mol. The second-order valence-corrected chi connectivity index (χ2v) is 12.4. The van der Waals surface area contributed by atoms with Gasteiger partial charge in [0.15, 0.2) is 17.5 Å². The fraction of sp³-hybridized carbons (Fsp3) is 0. The molecular formula is C45H27N3O2. The van der Waals surface area contributed by atoms with Crippen LogP contribution in [0.1, 0.15) is 0 Å². The number of aromatic nitrogens is 3. The van der Waals surface area contributed by atoms with Crippen LogP contribution < -0.4 is 0 Å². The summed E-state index contributed by atoms with van der Waals surface area (Å²) < 4.78 is 12.8. The molecule has 0 saturated carbocycles. The number of nitrogens with zero attached hydrogens (tertiary/aromatic N) is 3. The van der Waals surface area contributed by atoms with Gasteiger partial charge in [-0.1, -0.05) is 127 Å². The number of hydrogen-bond acceptors (Lipinski definition) is 5. The SMILES string of the molecule is c1ccc(-c2ccc(-c3cccc4oc5ccc(-c6nc(-c7ccccc7)nc(-c7cccc8c7oc7ccccc78)n6)cc5c34)cc2)cc1. The molecule has 0 aliphatic heterocycles. The Balaban J connectivity index is 1.15. The summed E-state index contributed by atoms with van der Waals surface area (Å²) in [6.07, 6.45) is 0. The molecule has 0 atom stereocenters. The highest BCUT2D eigenvalue weighted by Gasteiger charge is 2.19. The molecule has 3 aromatic heterocycles. The maximum atomic E-state index is 6.40. The Bertz CT molecular complexity index is 2850. The maximum absolute atomic E-state index is 6.40. The average Bonchev–Trinajstić information content (AvgIpc) is 3.77. The quantitative estimate of drug-likeness (QED) is 0.187. The van der Waals surface area contributed by atoms with Crippen LogP contribution in [0.25, 0.3) is 100 Å². The van der Waals surface area contributed by atoms with E-state index in [0.29, 0.717) is 17.5 Å². The highest BCUT2D eigenvalue weighted by molar-refractivity contribution is 6.13. The minimum atomic E-state index is 0.551. The van der Waals surface area contributed by atoms with Gasteiger partial charge in [-0.2, -0.15) is 0 Å². The normalized spacial score (nSPS) is 11.6. The molecule has 0 radical (unpaired) electrons. The Labute approximate surface area is 287 Å². The van der Waals surface area contributed by atoms with Gasteiger partial charge in [0.1, 0.15) is 22.3 Å². The summed E-state index contributed by atoms with van der Waals surface area (Å²) >= 11 is 0. The van der Waals surface area contributed by atoms with E-state index in [-0.39, 0.29) is 0 Å². The zero-order valence-corrected chi connectivity index (χ0v) is 26.7. The zero-order chi connectivity index (χ0) is 33.0. The largest absolute Gasteiger partial charge is 0.456 e. The van der Waals surface area contributed by atoms with Crippen molar-refractivity contribution in [3.8, 4) is 56.4 Å². The fourth-order valence-electron chi connectivity index (χ4n) is 6.94. The number of benzene rings is 7. The molecule has 7 aromatic carbocycles. The molecular weight excluding hydrogens is 615 g/mol. The smallest absolute Gasteiger partial charge is 0.167 e. The van der Waals surface area contributed by atoms with Crippen molar-refractivity contribution in [1.29, 1.82) is 0 Å². The lowest BCUT2D eigenvalue weighted by molar-refractivity contribution is 0.669. The Hall–Kier alpha value is -6.85. The lowest BCUT2D eigenvalue weighted by Gasteiger charge is -2.09. The van der Waals surface area contributed by atoms with Crippen molar-refractivity contribution in [1.82, 2.24) is 15.0 Å². The Morgan fingerprint density at radius 2 is 0.880 bits per heavy atom. The van der Waals surface area contributed by atoms with Gasteiger partial charge in [-0.3, -0.25) is 0 Å². The van der Waals surface area contributed by atoms with Gasteiger partial charge in [-0.05, 0) is 58.7 Å². The summed E-state index contributed by atoms with van der Waals surface area (Å²) in [4.78, 5) is 15.1. The van der Waals surface area contributed by atoms with Crippen LogP contribution in [-0.2, 0) is 0 Å². The number of rotatable bonds is 5. The summed E-state index contributed by atoms with van der Waals surface area (Å²) in [7, 11) is 0. The molecule has 0 aliphatic carbocycles. The minimum Gasteiger partial charge on any atom is -0.456 e. The molecule has 10 rings (SSSR count). The molecule has 0 amide bonds. The summed E-state index contributed by atoms with van der Waals surface area (Å²) in [6, 6.07) is 55.8. The predicted octanol–water partition coefficient (Wildman–Crippen LogP) is 12.0. The summed E-state index contributed by atoms with van der Waals surface area (Å²) in [5.41, 5.74) is 10.4. The van der Waals surface area contributed by atoms with Crippen molar-refractivity contribution in [3.63, 3.8) is 0 Å². The third-order valence-electron chi connectivity index (χ3n) is 9.37. The van der Waals surface area contributed by atoms with Gasteiger partial charge in [0.25, 0.3) is 0 Å². The molecule has 0 fully saturated rings. The van der Waals surface area contributed by atoms with Gasteiger partial charge in [0.2, 0.25) is 0 Å². The van der Waals surface area contributed by atoms with E-state index >= 15 is 0 Å². The third-order valence-corrected chi connectivity index (χ3v) is 9.37. The monoisotopic (exact) mass is 641 g/mol. The molecule has 0 bridgehead atoms.